The number of halogens is 1. The molecule has 1 aromatic heterocycles. The van der Waals surface area contributed by atoms with Crippen molar-refractivity contribution in [3.8, 4) is 5.95 Å². The van der Waals surface area contributed by atoms with Gasteiger partial charge in [0.2, 0.25) is 21.8 Å². The van der Waals surface area contributed by atoms with Crippen LogP contribution in [0.4, 0.5) is 9.18 Å². The minimum absolute atomic E-state index is 0.0370. The molecule has 1 aromatic rings. The van der Waals surface area contributed by atoms with E-state index in [0.29, 0.717) is 38.3 Å². The maximum Gasteiger partial charge on any atom is 0.344 e. The first kappa shape index (κ1) is 21.5. The number of nitrogens with zero attached hydrogens (tertiary/aromatic N) is 2. The molecule has 1 saturated heterocycles. The summed E-state index contributed by atoms with van der Waals surface area (Å²) in [5.41, 5.74) is 0. The zero-order valence-corrected chi connectivity index (χ0v) is 17.0. The topological polar surface area (TPSA) is 131 Å². The summed E-state index contributed by atoms with van der Waals surface area (Å²) in [6.45, 7) is 2.30. The van der Waals surface area contributed by atoms with Crippen LogP contribution in [0.25, 0.3) is 0 Å². The minimum Gasteiger partial charge on any atom is -0.462 e. The number of hydrogen-bond donors (Lipinski definition) is 2. The molecule has 0 aromatic carbocycles. The molecule has 29 heavy (non-hydrogen) atoms. The van der Waals surface area contributed by atoms with Gasteiger partial charge in [0, 0.05) is 6.54 Å². The van der Waals surface area contributed by atoms with Crippen molar-refractivity contribution in [3.05, 3.63) is 11.8 Å². The summed E-state index contributed by atoms with van der Waals surface area (Å²) in [6, 6.07) is -1.26. The van der Waals surface area contributed by atoms with Gasteiger partial charge in [-0.05, 0) is 38.5 Å². The molecule has 10 nitrogen and oxygen atoms in total. The fourth-order valence-corrected chi connectivity index (χ4v) is 4.21. The first-order valence-electron chi connectivity index (χ1n) is 9.61. The lowest BCUT2D eigenvalue weighted by molar-refractivity contribution is -0.118. The Hall–Kier alpha value is -2.21. The van der Waals surface area contributed by atoms with E-state index in [-0.39, 0.29) is 30.0 Å². The molecule has 0 spiro atoms. The van der Waals surface area contributed by atoms with Crippen LogP contribution < -0.4 is 14.8 Å². The minimum atomic E-state index is -3.63. The van der Waals surface area contributed by atoms with Gasteiger partial charge in [0.05, 0.1) is 18.4 Å². The van der Waals surface area contributed by atoms with Crippen LogP contribution in [0.3, 0.4) is 0 Å². The first-order valence-corrected chi connectivity index (χ1v) is 11.3. The van der Waals surface area contributed by atoms with E-state index in [4.69, 9.17) is 9.15 Å². The summed E-state index contributed by atoms with van der Waals surface area (Å²) >= 11 is 0. The summed E-state index contributed by atoms with van der Waals surface area (Å²) in [6.07, 6.45) is 3.62. The molecule has 3 rings (SSSR count). The third-order valence-electron chi connectivity index (χ3n) is 4.66. The highest BCUT2D eigenvalue weighted by Gasteiger charge is 2.27. The second-order valence-electron chi connectivity index (χ2n) is 7.38. The lowest BCUT2D eigenvalue weighted by Crippen LogP contribution is -2.30. The number of carbonyl (C=O) groups is 2. The number of urea groups is 1. The number of nitrogens with one attached hydrogen (secondary N) is 2. The molecule has 2 aliphatic rings. The van der Waals surface area contributed by atoms with Gasteiger partial charge in [-0.1, -0.05) is 6.42 Å². The highest BCUT2D eigenvalue weighted by molar-refractivity contribution is 7.89. The summed E-state index contributed by atoms with van der Waals surface area (Å²) < 4.78 is 51.1. The Kier molecular flexibility index (Phi) is 6.73. The molecule has 1 aliphatic heterocycles. The number of sulfonamides is 1. The number of ether oxygens (including phenoxy) is 1. The van der Waals surface area contributed by atoms with E-state index < -0.39 is 28.0 Å². The number of amides is 3. The maximum absolute atomic E-state index is 13.8. The van der Waals surface area contributed by atoms with E-state index in [1.54, 1.807) is 0 Å². The molecule has 1 aliphatic carbocycles. The van der Waals surface area contributed by atoms with E-state index in [1.807, 2.05) is 0 Å². The van der Waals surface area contributed by atoms with Crippen molar-refractivity contribution >= 4 is 22.0 Å². The Bertz CT molecular complexity index is 854. The van der Waals surface area contributed by atoms with Crippen LogP contribution in [0.5, 0.6) is 5.95 Å². The van der Waals surface area contributed by atoms with Gasteiger partial charge in [-0.25, -0.2) is 17.9 Å². The fraction of sp³-hybridized carbons (Fsp3) is 0.706. The average molecular weight is 432 g/mol. The molecule has 0 radical (unpaired) electrons. The van der Waals surface area contributed by atoms with Gasteiger partial charge < -0.3 is 14.1 Å². The van der Waals surface area contributed by atoms with Crippen LogP contribution >= 0.6 is 0 Å². The lowest BCUT2D eigenvalue weighted by atomic mass is 10.2. The summed E-state index contributed by atoms with van der Waals surface area (Å²) in [5, 5.41) is 2.18. The van der Waals surface area contributed by atoms with Crippen molar-refractivity contribution in [2.75, 3.05) is 25.4 Å². The van der Waals surface area contributed by atoms with E-state index in [1.165, 1.54) is 11.8 Å². The predicted octanol–water partition coefficient (Wildman–Crippen LogP) is 1.30. The van der Waals surface area contributed by atoms with Crippen molar-refractivity contribution in [2.24, 2.45) is 5.92 Å². The number of aromatic nitrogens is 1. The normalized spacial score (nSPS) is 18.2. The van der Waals surface area contributed by atoms with Crippen molar-refractivity contribution in [1.29, 1.82) is 0 Å². The standard InChI is InChI=1S/C17H25FN4O6S/c1-11(15-20-14(18)16(28-15)27-10-12-5-6-12)21-29(25,26)8-4-2-3-7-22-9-13(23)19-17(22)24/h11-12,21H,2-10H2,1H3,(H,19,23,24). The SMILES string of the molecule is CC(NS(=O)(=O)CCCCCN1CC(=O)NC1=O)c1nc(F)c(OCC2CC2)o1. The molecule has 1 atom stereocenters. The molecular weight excluding hydrogens is 407 g/mol. The number of rotatable bonds is 12. The van der Waals surface area contributed by atoms with Gasteiger partial charge >= 0.3 is 12.0 Å². The van der Waals surface area contributed by atoms with Crippen molar-refractivity contribution < 1.29 is 31.6 Å². The number of unbranched alkanes of at least 4 members (excludes halogenated alkanes) is 2. The average Bonchev–Trinajstić information content (AvgIpc) is 3.31. The highest BCUT2D eigenvalue weighted by atomic mass is 32.2. The molecule has 162 valence electrons. The molecule has 0 bridgehead atoms. The lowest BCUT2D eigenvalue weighted by Gasteiger charge is -2.13. The quantitative estimate of drug-likeness (QED) is 0.376. The van der Waals surface area contributed by atoms with Crippen LogP contribution in [-0.4, -0.2) is 55.7 Å². The van der Waals surface area contributed by atoms with E-state index in [9.17, 15) is 22.4 Å². The maximum atomic E-state index is 13.8. The zero-order chi connectivity index (χ0) is 21.0. The third-order valence-corrected chi connectivity index (χ3v) is 6.20. The third kappa shape index (κ3) is 6.39. The van der Waals surface area contributed by atoms with Crippen molar-refractivity contribution in [2.45, 2.75) is 45.1 Å². The van der Waals surface area contributed by atoms with Gasteiger partial charge in [0.15, 0.2) is 0 Å². The summed E-state index contributed by atoms with van der Waals surface area (Å²) in [5.74, 6) is -1.35. The zero-order valence-electron chi connectivity index (χ0n) is 16.1. The number of carbonyl (C=O) groups excluding carboxylic acids is 2. The largest absolute Gasteiger partial charge is 0.462 e. The Balaban J connectivity index is 1.38. The van der Waals surface area contributed by atoms with Crippen LogP contribution in [0.2, 0.25) is 0 Å². The molecule has 2 heterocycles. The van der Waals surface area contributed by atoms with Gasteiger partial charge in [-0.3, -0.25) is 10.1 Å². The van der Waals surface area contributed by atoms with Crippen LogP contribution in [0.1, 0.15) is 51.0 Å². The monoisotopic (exact) mass is 432 g/mol. The second-order valence-corrected chi connectivity index (χ2v) is 9.25. The summed E-state index contributed by atoms with van der Waals surface area (Å²) in [4.78, 5) is 27.5. The molecular formula is C17H25FN4O6S. The number of hydrogen-bond acceptors (Lipinski definition) is 7. The number of imide groups is 1. The molecule has 1 saturated carbocycles. The van der Waals surface area contributed by atoms with E-state index >= 15 is 0 Å². The fourth-order valence-electron chi connectivity index (χ4n) is 2.87. The molecule has 3 amide bonds. The Labute approximate surface area is 168 Å². The van der Waals surface area contributed by atoms with Gasteiger partial charge in [0.25, 0.3) is 5.95 Å². The second kappa shape index (κ2) is 9.08. The number of oxazole rings is 1. The smallest absolute Gasteiger partial charge is 0.344 e. The van der Waals surface area contributed by atoms with E-state index in [2.05, 4.69) is 15.0 Å². The molecule has 12 heteroatoms. The van der Waals surface area contributed by atoms with Crippen LogP contribution in [0, 0.1) is 11.9 Å². The highest BCUT2D eigenvalue weighted by Crippen LogP contribution is 2.31. The predicted molar refractivity (Wildman–Crippen MR) is 99.0 cm³/mol. The van der Waals surface area contributed by atoms with Crippen LogP contribution in [-0.2, 0) is 14.8 Å². The Morgan fingerprint density at radius 1 is 1.34 bits per heavy atom. The van der Waals surface area contributed by atoms with Gasteiger partial charge in [-0.15, -0.1) is 0 Å². The Morgan fingerprint density at radius 3 is 2.76 bits per heavy atom. The van der Waals surface area contributed by atoms with E-state index in [0.717, 1.165) is 12.8 Å². The Morgan fingerprint density at radius 2 is 2.10 bits per heavy atom. The van der Waals surface area contributed by atoms with Crippen molar-refractivity contribution in [1.82, 2.24) is 19.9 Å². The summed E-state index contributed by atoms with van der Waals surface area (Å²) in [7, 11) is -3.63. The molecule has 2 fully saturated rings. The molecule has 2 N–H and O–H groups in total. The van der Waals surface area contributed by atoms with Gasteiger partial charge in [0.1, 0.15) is 6.54 Å². The molecule has 1 unspecified atom stereocenters. The van der Waals surface area contributed by atoms with Crippen molar-refractivity contribution in [3.63, 3.8) is 0 Å². The van der Waals surface area contributed by atoms with Gasteiger partial charge in [-0.2, -0.15) is 9.37 Å². The van der Waals surface area contributed by atoms with Crippen LogP contribution in [0.15, 0.2) is 4.42 Å². The first-order chi connectivity index (χ1) is 13.7.